The first-order chi connectivity index (χ1) is 9.81. The Labute approximate surface area is 151 Å². The molecule has 1 aromatic rings. The van der Waals surface area contributed by atoms with Crippen LogP contribution in [0.3, 0.4) is 0 Å². The molecule has 1 rings (SSSR count). The molecule has 0 fully saturated rings. The summed E-state index contributed by atoms with van der Waals surface area (Å²) in [7, 11) is 0. The predicted octanol–water partition coefficient (Wildman–Crippen LogP) is 3.79. The molecular formula is C16H31IN4O. The first-order valence-electron chi connectivity index (χ1n) is 7.77. The van der Waals surface area contributed by atoms with E-state index in [1.54, 1.807) is 0 Å². The molecule has 1 aromatic heterocycles. The van der Waals surface area contributed by atoms with Crippen LogP contribution in [0.1, 0.15) is 57.9 Å². The Kier molecular flexibility index (Phi) is 9.71. The zero-order valence-electron chi connectivity index (χ0n) is 14.7. The van der Waals surface area contributed by atoms with Crippen LogP contribution < -0.4 is 10.6 Å². The van der Waals surface area contributed by atoms with Gasteiger partial charge in [0.1, 0.15) is 12.3 Å². The lowest BCUT2D eigenvalue weighted by molar-refractivity contribution is 0.365. The minimum atomic E-state index is 0. The summed E-state index contributed by atoms with van der Waals surface area (Å²) in [6, 6.07) is 0. The molecular weight excluding hydrogens is 391 g/mol. The van der Waals surface area contributed by atoms with Crippen LogP contribution in [0.5, 0.6) is 0 Å². The van der Waals surface area contributed by atoms with Crippen LogP contribution >= 0.6 is 24.0 Å². The van der Waals surface area contributed by atoms with Crippen LogP contribution in [0.15, 0.2) is 9.41 Å². The zero-order chi connectivity index (χ0) is 15.9. The molecule has 0 radical (unpaired) electrons. The van der Waals surface area contributed by atoms with Gasteiger partial charge in [-0.2, -0.15) is 0 Å². The Morgan fingerprint density at radius 2 is 1.91 bits per heavy atom. The normalized spacial score (nSPS) is 12.0. The number of aromatic nitrogens is 1. The molecule has 0 aliphatic rings. The van der Waals surface area contributed by atoms with Crippen molar-refractivity contribution in [3.05, 3.63) is 17.3 Å². The second kappa shape index (κ2) is 10.1. The Morgan fingerprint density at radius 1 is 1.23 bits per heavy atom. The van der Waals surface area contributed by atoms with E-state index in [9.17, 15) is 0 Å². The van der Waals surface area contributed by atoms with E-state index < -0.39 is 0 Å². The second-order valence-electron chi connectivity index (χ2n) is 6.54. The first-order valence-corrected chi connectivity index (χ1v) is 7.77. The highest BCUT2D eigenvalue weighted by molar-refractivity contribution is 14.0. The molecule has 0 saturated carbocycles. The third-order valence-electron chi connectivity index (χ3n) is 3.19. The number of hydrogen-bond acceptors (Lipinski definition) is 3. The molecule has 128 valence electrons. The number of nitrogens with one attached hydrogen (secondary N) is 2. The van der Waals surface area contributed by atoms with Crippen molar-refractivity contribution in [1.29, 1.82) is 0 Å². The van der Waals surface area contributed by atoms with E-state index in [2.05, 4.69) is 48.3 Å². The highest BCUT2D eigenvalue weighted by Crippen LogP contribution is 2.19. The van der Waals surface area contributed by atoms with Crippen LogP contribution in [0.2, 0.25) is 0 Å². The molecule has 0 aliphatic carbocycles. The minimum absolute atomic E-state index is 0. The smallest absolute Gasteiger partial charge is 0.216 e. The Hall–Kier alpha value is -0.790. The Bertz CT molecular complexity index is 444. The molecule has 0 amide bonds. The van der Waals surface area contributed by atoms with E-state index in [0.717, 1.165) is 36.9 Å². The molecule has 6 heteroatoms. The fourth-order valence-electron chi connectivity index (χ4n) is 1.92. The lowest BCUT2D eigenvalue weighted by Gasteiger charge is -2.18. The number of guanidine groups is 1. The number of halogens is 1. The molecule has 5 nitrogen and oxygen atoms in total. The van der Waals surface area contributed by atoms with Gasteiger partial charge in [0.25, 0.3) is 0 Å². The predicted molar refractivity (Wildman–Crippen MR) is 103 cm³/mol. The minimum Gasteiger partial charge on any atom is -0.444 e. The summed E-state index contributed by atoms with van der Waals surface area (Å²) in [6.45, 7) is 14.9. The van der Waals surface area contributed by atoms with Crippen molar-refractivity contribution in [2.75, 3.05) is 13.1 Å². The van der Waals surface area contributed by atoms with Gasteiger partial charge in [0, 0.05) is 13.1 Å². The number of nitrogens with zero attached hydrogens (tertiary/aromatic N) is 2. The van der Waals surface area contributed by atoms with Crippen LogP contribution in [0.4, 0.5) is 0 Å². The maximum atomic E-state index is 5.54. The maximum Gasteiger partial charge on any atom is 0.216 e. The Morgan fingerprint density at radius 3 is 2.41 bits per heavy atom. The van der Waals surface area contributed by atoms with Gasteiger partial charge in [0.15, 0.2) is 5.96 Å². The number of rotatable bonds is 6. The van der Waals surface area contributed by atoms with Crippen molar-refractivity contribution < 1.29 is 4.42 Å². The van der Waals surface area contributed by atoms with Gasteiger partial charge >= 0.3 is 0 Å². The fourth-order valence-corrected chi connectivity index (χ4v) is 1.92. The van der Waals surface area contributed by atoms with E-state index in [1.807, 2.05) is 13.8 Å². The van der Waals surface area contributed by atoms with E-state index in [1.165, 1.54) is 6.42 Å². The van der Waals surface area contributed by atoms with Crippen LogP contribution in [-0.4, -0.2) is 24.0 Å². The van der Waals surface area contributed by atoms with Gasteiger partial charge in [-0.15, -0.1) is 24.0 Å². The summed E-state index contributed by atoms with van der Waals surface area (Å²) in [5.41, 5.74) is 1.31. The van der Waals surface area contributed by atoms with Gasteiger partial charge < -0.3 is 15.1 Å². The van der Waals surface area contributed by atoms with Crippen molar-refractivity contribution in [3.8, 4) is 0 Å². The molecule has 0 spiro atoms. The van der Waals surface area contributed by atoms with E-state index >= 15 is 0 Å². The maximum absolute atomic E-state index is 5.54. The Balaban J connectivity index is 0.00000441. The molecule has 1 heterocycles. The fraction of sp³-hybridized carbons (Fsp3) is 0.750. The summed E-state index contributed by atoms with van der Waals surface area (Å²) in [4.78, 5) is 8.85. The largest absolute Gasteiger partial charge is 0.444 e. The van der Waals surface area contributed by atoms with Crippen molar-refractivity contribution in [1.82, 2.24) is 15.6 Å². The SMILES string of the molecule is CCNC(=NCc1nc(C)c(C)o1)NCCCC(C)(C)C.I. The molecule has 0 unspecified atom stereocenters. The van der Waals surface area contributed by atoms with Gasteiger partial charge in [-0.1, -0.05) is 20.8 Å². The molecule has 0 aromatic carbocycles. The highest BCUT2D eigenvalue weighted by Gasteiger charge is 2.09. The summed E-state index contributed by atoms with van der Waals surface area (Å²) in [5, 5.41) is 6.60. The average Bonchev–Trinajstić information content (AvgIpc) is 2.70. The van der Waals surface area contributed by atoms with Crippen molar-refractivity contribution in [2.45, 2.75) is 60.9 Å². The van der Waals surface area contributed by atoms with E-state index in [4.69, 9.17) is 4.42 Å². The first kappa shape index (κ1) is 21.2. The number of oxazole rings is 1. The van der Waals surface area contributed by atoms with Gasteiger partial charge in [0.05, 0.1) is 5.69 Å². The molecule has 2 N–H and O–H groups in total. The monoisotopic (exact) mass is 422 g/mol. The van der Waals surface area contributed by atoms with E-state index in [-0.39, 0.29) is 24.0 Å². The number of aliphatic imine (C=N–C) groups is 1. The summed E-state index contributed by atoms with van der Waals surface area (Å²) < 4.78 is 5.54. The standard InChI is InChI=1S/C16H30N4O.HI/c1-7-17-15(18-10-8-9-16(4,5)6)19-11-14-20-12(2)13(3)21-14;/h7-11H2,1-6H3,(H2,17,18,19);1H. The number of hydrogen-bond donors (Lipinski definition) is 2. The van der Waals surface area contributed by atoms with Crippen LogP contribution in [-0.2, 0) is 6.54 Å². The molecule has 22 heavy (non-hydrogen) atoms. The van der Waals surface area contributed by atoms with Crippen molar-refractivity contribution >= 4 is 29.9 Å². The van der Waals surface area contributed by atoms with Gasteiger partial charge in [-0.25, -0.2) is 9.98 Å². The van der Waals surface area contributed by atoms with E-state index in [0.29, 0.717) is 17.9 Å². The van der Waals surface area contributed by atoms with Crippen molar-refractivity contribution in [2.24, 2.45) is 10.4 Å². The van der Waals surface area contributed by atoms with Crippen LogP contribution in [0.25, 0.3) is 0 Å². The average molecular weight is 422 g/mol. The van der Waals surface area contributed by atoms with Gasteiger partial charge in [-0.3, -0.25) is 0 Å². The third kappa shape index (κ3) is 8.60. The van der Waals surface area contributed by atoms with Crippen molar-refractivity contribution in [3.63, 3.8) is 0 Å². The second-order valence-corrected chi connectivity index (χ2v) is 6.54. The third-order valence-corrected chi connectivity index (χ3v) is 3.19. The summed E-state index contributed by atoms with van der Waals surface area (Å²) >= 11 is 0. The summed E-state index contributed by atoms with van der Waals surface area (Å²) in [5.74, 6) is 2.35. The lowest BCUT2D eigenvalue weighted by Crippen LogP contribution is -2.38. The topological polar surface area (TPSA) is 62.5 Å². The van der Waals surface area contributed by atoms with Gasteiger partial charge in [0.2, 0.25) is 5.89 Å². The number of aryl methyl sites for hydroxylation is 2. The lowest BCUT2D eigenvalue weighted by atomic mass is 9.91. The zero-order valence-corrected chi connectivity index (χ0v) is 17.1. The quantitative estimate of drug-likeness (QED) is 0.317. The molecule has 0 atom stereocenters. The molecule has 0 saturated heterocycles. The van der Waals surface area contributed by atoms with Gasteiger partial charge in [-0.05, 0) is 39.0 Å². The highest BCUT2D eigenvalue weighted by atomic mass is 127. The van der Waals surface area contributed by atoms with Crippen LogP contribution in [0, 0.1) is 19.3 Å². The summed E-state index contributed by atoms with van der Waals surface area (Å²) in [6.07, 6.45) is 2.32. The molecule has 0 bridgehead atoms. The molecule has 0 aliphatic heterocycles.